The number of aliphatic imine (C=N–C) groups is 1. The van der Waals surface area contributed by atoms with Gasteiger partial charge in [0.25, 0.3) is 0 Å². The monoisotopic (exact) mass is 242 g/mol. The van der Waals surface area contributed by atoms with E-state index >= 15 is 0 Å². The molecule has 0 atom stereocenters. The van der Waals surface area contributed by atoms with E-state index in [1.807, 2.05) is 25.1 Å². The van der Waals surface area contributed by atoms with Gasteiger partial charge >= 0.3 is 0 Å². The van der Waals surface area contributed by atoms with Crippen LogP contribution in [0.1, 0.15) is 36.9 Å². The molecule has 0 spiro atoms. The highest BCUT2D eigenvalue weighted by Gasteiger charge is 2.35. The topological polar surface area (TPSA) is 55.5 Å². The maximum absolute atomic E-state index is 10.7. The molecule has 0 radical (unpaired) electrons. The zero-order valence-electron chi connectivity index (χ0n) is 10.3. The minimum atomic E-state index is -0.375. The van der Waals surface area contributed by atoms with Crippen LogP contribution in [0.25, 0.3) is 11.0 Å². The number of nitrogens with zero attached hydrogens (tertiary/aromatic N) is 2. The molecule has 1 fully saturated rings. The number of hydrogen-bond acceptors (Lipinski definition) is 4. The first kappa shape index (κ1) is 11.2. The van der Waals surface area contributed by atoms with Gasteiger partial charge in [0.15, 0.2) is 5.58 Å². The Labute approximate surface area is 105 Å². The minimum absolute atomic E-state index is 0.375. The van der Waals surface area contributed by atoms with Crippen molar-refractivity contribution in [2.45, 2.75) is 38.1 Å². The van der Waals surface area contributed by atoms with Crippen molar-refractivity contribution in [3.05, 3.63) is 29.5 Å². The Balaban J connectivity index is 2.17. The van der Waals surface area contributed by atoms with Crippen LogP contribution in [0.15, 0.2) is 27.7 Å². The number of fused-ring (bicyclic) bond motifs is 1. The van der Waals surface area contributed by atoms with Gasteiger partial charge in [-0.05, 0) is 37.5 Å². The van der Waals surface area contributed by atoms with Crippen LogP contribution in [-0.2, 0) is 10.3 Å². The third-order valence-corrected chi connectivity index (χ3v) is 3.88. The summed E-state index contributed by atoms with van der Waals surface area (Å²) in [6.45, 7) is 1.92. The summed E-state index contributed by atoms with van der Waals surface area (Å²) in [5.74, 6) is 0. The highest BCUT2D eigenvalue weighted by atomic mass is 16.5. The Kier molecular flexibility index (Phi) is 2.53. The van der Waals surface area contributed by atoms with Crippen LogP contribution in [0, 0.1) is 6.92 Å². The van der Waals surface area contributed by atoms with Crippen molar-refractivity contribution >= 4 is 17.0 Å². The second-order valence-electron chi connectivity index (χ2n) is 4.92. The summed E-state index contributed by atoms with van der Waals surface area (Å²) in [4.78, 5) is 14.8. The number of aryl methyl sites for hydroxylation is 1. The second kappa shape index (κ2) is 4.07. The largest absolute Gasteiger partial charge is 0.356 e. The maximum atomic E-state index is 10.7. The van der Waals surface area contributed by atoms with Crippen LogP contribution in [0.2, 0.25) is 0 Å². The Morgan fingerprint density at radius 1 is 1.39 bits per heavy atom. The average Bonchev–Trinajstić information content (AvgIpc) is 2.98. The molecule has 0 saturated heterocycles. The first-order chi connectivity index (χ1) is 8.75. The van der Waals surface area contributed by atoms with Crippen molar-refractivity contribution in [1.82, 2.24) is 5.16 Å². The molecular weight excluding hydrogens is 228 g/mol. The smallest absolute Gasteiger partial charge is 0.235 e. The minimum Gasteiger partial charge on any atom is -0.356 e. The zero-order valence-corrected chi connectivity index (χ0v) is 10.3. The number of aromatic nitrogens is 1. The van der Waals surface area contributed by atoms with Crippen LogP contribution in [-0.4, -0.2) is 11.2 Å². The first-order valence-electron chi connectivity index (χ1n) is 6.21. The predicted octanol–water partition coefficient (Wildman–Crippen LogP) is 3.24. The molecule has 0 amide bonds. The standard InChI is InChI=1S/C14H14N2O2/c1-10-12-8-11(4-5-13(12)18-16-10)14(15-9-17)6-2-3-7-14/h4-5,8H,2-3,6-7H2,1H3. The van der Waals surface area contributed by atoms with Crippen molar-refractivity contribution in [1.29, 1.82) is 0 Å². The van der Waals surface area contributed by atoms with Gasteiger partial charge in [-0.3, -0.25) is 0 Å². The van der Waals surface area contributed by atoms with Crippen LogP contribution in [0.3, 0.4) is 0 Å². The van der Waals surface area contributed by atoms with Gasteiger partial charge in [-0.25, -0.2) is 4.79 Å². The summed E-state index contributed by atoms with van der Waals surface area (Å²) >= 11 is 0. The van der Waals surface area contributed by atoms with Gasteiger partial charge in [-0.1, -0.05) is 24.1 Å². The summed E-state index contributed by atoms with van der Waals surface area (Å²) in [7, 11) is 0. The third kappa shape index (κ3) is 1.57. The normalized spacial score (nSPS) is 17.8. The fourth-order valence-corrected chi connectivity index (χ4v) is 2.86. The Bertz CT molecular complexity index is 632. The SMILES string of the molecule is Cc1noc2ccc(C3(N=C=O)CCCC3)cc12. The van der Waals surface area contributed by atoms with Gasteiger partial charge in [0.05, 0.1) is 11.2 Å². The van der Waals surface area contributed by atoms with Crippen molar-refractivity contribution < 1.29 is 9.32 Å². The van der Waals surface area contributed by atoms with Crippen molar-refractivity contribution in [3.63, 3.8) is 0 Å². The number of hydrogen-bond donors (Lipinski definition) is 0. The van der Waals surface area contributed by atoms with E-state index in [-0.39, 0.29) is 5.54 Å². The molecule has 0 aliphatic heterocycles. The van der Waals surface area contributed by atoms with E-state index in [9.17, 15) is 4.79 Å². The summed E-state index contributed by atoms with van der Waals surface area (Å²) in [5.41, 5.74) is 2.34. The molecular formula is C14H14N2O2. The summed E-state index contributed by atoms with van der Waals surface area (Å²) < 4.78 is 5.20. The lowest BCUT2D eigenvalue weighted by Gasteiger charge is -2.22. The summed E-state index contributed by atoms with van der Waals surface area (Å²) in [6.07, 6.45) is 5.78. The molecule has 1 aliphatic rings. The molecule has 0 N–H and O–H groups in total. The molecule has 92 valence electrons. The van der Waals surface area contributed by atoms with E-state index in [2.05, 4.69) is 10.1 Å². The lowest BCUT2D eigenvalue weighted by Crippen LogP contribution is -2.18. The van der Waals surface area contributed by atoms with E-state index < -0.39 is 0 Å². The van der Waals surface area contributed by atoms with Gasteiger partial charge in [0.2, 0.25) is 6.08 Å². The lowest BCUT2D eigenvalue weighted by molar-refractivity contribution is 0.448. The van der Waals surface area contributed by atoms with E-state index in [1.54, 1.807) is 6.08 Å². The fraction of sp³-hybridized carbons (Fsp3) is 0.429. The van der Waals surface area contributed by atoms with Crippen LogP contribution in [0.5, 0.6) is 0 Å². The number of isocyanates is 1. The summed E-state index contributed by atoms with van der Waals surface area (Å²) in [6, 6.07) is 5.94. The number of carbonyl (C=O) groups excluding carboxylic acids is 1. The molecule has 1 saturated carbocycles. The molecule has 2 aromatic rings. The molecule has 4 heteroatoms. The maximum Gasteiger partial charge on any atom is 0.235 e. The fourth-order valence-electron chi connectivity index (χ4n) is 2.86. The van der Waals surface area contributed by atoms with E-state index in [0.717, 1.165) is 47.9 Å². The quantitative estimate of drug-likeness (QED) is 0.600. The Morgan fingerprint density at radius 2 is 2.17 bits per heavy atom. The molecule has 1 aromatic heterocycles. The van der Waals surface area contributed by atoms with Crippen LogP contribution >= 0.6 is 0 Å². The molecule has 1 aromatic carbocycles. The highest BCUT2D eigenvalue weighted by molar-refractivity contribution is 5.80. The molecule has 0 bridgehead atoms. The predicted molar refractivity (Wildman–Crippen MR) is 67.0 cm³/mol. The molecule has 3 rings (SSSR count). The Morgan fingerprint density at radius 3 is 2.89 bits per heavy atom. The average molecular weight is 242 g/mol. The molecule has 0 unspecified atom stereocenters. The van der Waals surface area contributed by atoms with Gasteiger partial charge in [-0.2, -0.15) is 4.99 Å². The van der Waals surface area contributed by atoms with E-state index in [0.29, 0.717) is 0 Å². The first-order valence-corrected chi connectivity index (χ1v) is 6.21. The van der Waals surface area contributed by atoms with Crippen molar-refractivity contribution in [2.24, 2.45) is 4.99 Å². The Hall–Kier alpha value is -1.93. The van der Waals surface area contributed by atoms with E-state index in [1.165, 1.54) is 0 Å². The van der Waals surface area contributed by atoms with Gasteiger partial charge < -0.3 is 4.52 Å². The molecule has 1 heterocycles. The van der Waals surface area contributed by atoms with Crippen LogP contribution in [0.4, 0.5) is 0 Å². The van der Waals surface area contributed by atoms with Crippen molar-refractivity contribution in [2.75, 3.05) is 0 Å². The van der Waals surface area contributed by atoms with Gasteiger partial charge in [0.1, 0.15) is 0 Å². The lowest BCUT2D eigenvalue weighted by atomic mass is 9.88. The van der Waals surface area contributed by atoms with Crippen molar-refractivity contribution in [3.8, 4) is 0 Å². The molecule has 4 nitrogen and oxygen atoms in total. The number of benzene rings is 1. The van der Waals surface area contributed by atoms with Gasteiger partial charge in [0, 0.05) is 5.39 Å². The highest BCUT2D eigenvalue weighted by Crippen LogP contribution is 2.42. The van der Waals surface area contributed by atoms with E-state index in [4.69, 9.17) is 4.52 Å². The number of rotatable bonds is 2. The zero-order chi connectivity index (χ0) is 12.6. The summed E-state index contributed by atoms with van der Waals surface area (Å²) in [5, 5.41) is 4.95. The van der Waals surface area contributed by atoms with Crippen LogP contribution < -0.4 is 0 Å². The molecule has 18 heavy (non-hydrogen) atoms. The third-order valence-electron chi connectivity index (χ3n) is 3.88. The molecule has 1 aliphatic carbocycles. The van der Waals surface area contributed by atoms with Gasteiger partial charge in [-0.15, -0.1) is 0 Å². The second-order valence-corrected chi connectivity index (χ2v) is 4.92.